The van der Waals surface area contributed by atoms with Crippen LogP contribution in [0.4, 0.5) is 0 Å². The Labute approximate surface area is 86.5 Å². The van der Waals surface area contributed by atoms with Gasteiger partial charge in [-0.25, -0.2) is 0 Å². The van der Waals surface area contributed by atoms with Crippen LogP contribution in [0.1, 0.15) is 18.4 Å². The fourth-order valence-corrected chi connectivity index (χ4v) is 1.53. The van der Waals surface area contributed by atoms with Crippen molar-refractivity contribution in [2.45, 2.75) is 19.4 Å². The minimum absolute atomic E-state index is 1.04. The zero-order valence-corrected chi connectivity index (χ0v) is 9.21. The standard InChI is InChI=1S/C11H21N3/c1-12-6-3-4-8-14(2)10-11-5-7-13-9-11/h5,7,9,12-13H,3-4,6,8,10H2,1-2H3. The molecule has 0 aliphatic carbocycles. The molecule has 80 valence electrons. The molecular weight excluding hydrogens is 174 g/mol. The van der Waals surface area contributed by atoms with Crippen molar-refractivity contribution in [3.63, 3.8) is 0 Å². The molecule has 0 aromatic carbocycles. The molecule has 0 fully saturated rings. The maximum atomic E-state index is 3.16. The highest BCUT2D eigenvalue weighted by atomic mass is 15.1. The van der Waals surface area contributed by atoms with Crippen molar-refractivity contribution in [1.82, 2.24) is 15.2 Å². The summed E-state index contributed by atoms with van der Waals surface area (Å²) in [5.74, 6) is 0. The Balaban J connectivity index is 2.07. The maximum absolute atomic E-state index is 3.16. The van der Waals surface area contributed by atoms with Crippen LogP contribution < -0.4 is 5.32 Å². The molecule has 1 aromatic rings. The van der Waals surface area contributed by atoms with E-state index in [-0.39, 0.29) is 0 Å². The summed E-state index contributed by atoms with van der Waals surface area (Å²) in [5.41, 5.74) is 1.36. The zero-order chi connectivity index (χ0) is 10.2. The van der Waals surface area contributed by atoms with Crippen molar-refractivity contribution >= 4 is 0 Å². The predicted molar refractivity (Wildman–Crippen MR) is 60.3 cm³/mol. The molecule has 0 atom stereocenters. The molecule has 14 heavy (non-hydrogen) atoms. The van der Waals surface area contributed by atoms with Gasteiger partial charge < -0.3 is 15.2 Å². The smallest absolute Gasteiger partial charge is 0.0245 e. The second-order valence-corrected chi connectivity index (χ2v) is 3.77. The first-order chi connectivity index (χ1) is 6.83. The first-order valence-electron chi connectivity index (χ1n) is 5.27. The molecule has 0 aliphatic rings. The van der Waals surface area contributed by atoms with Crippen LogP contribution in [-0.4, -0.2) is 37.1 Å². The van der Waals surface area contributed by atoms with Crippen LogP contribution in [0.25, 0.3) is 0 Å². The van der Waals surface area contributed by atoms with Gasteiger partial charge >= 0.3 is 0 Å². The molecule has 0 amide bonds. The molecule has 1 rings (SSSR count). The largest absolute Gasteiger partial charge is 0.367 e. The van der Waals surface area contributed by atoms with Crippen molar-refractivity contribution in [3.05, 3.63) is 24.0 Å². The Morgan fingerprint density at radius 1 is 1.43 bits per heavy atom. The van der Waals surface area contributed by atoms with Gasteiger partial charge in [0.15, 0.2) is 0 Å². The monoisotopic (exact) mass is 195 g/mol. The highest BCUT2D eigenvalue weighted by molar-refractivity contribution is 5.07. The Bertz CT molecular complexity index is 218. The molecule has 0 saturated carbocycles. The predicted octanol–water partition coefficient (Wildman–Crippen LogP) is 1.45. The summed E-state index contributed by atoms with van der Waals surface area (Å²) >= 11 is 0. The van der Waals surface area contributed by atoms with Crippen molar-refractivity contribution in [1.29, 1.82) is 0 Å². The van der Waals surface area contributed by atoms with E-state index in [1.54, 1.807) is 0 Å². The fraction of sp³-hybridized carbons (Fsp3) is 0.636. The Morgan fingerprint density at radius 2 is 2.29 bits per heavy atom. The van der Waals surface area contributed by atoms with Gasteiger partial charge in [-0.15, -0.1) is 0 Å². The van der Waals surface area contributed by atoms with E-state index in [0.717, 1.165) is 13.1 Å². The Hall–Kier alpha value is -0.800. The minimum Gasteiger partial charge on any atom is -0.367 e. The van der Waals surface area contributed by atoms with E-state index >= 15 is 0 Å². The molecule has 0 spiro atoms. The first-order valence-corrected chi connectivity index (χ1v) is 5.27. The summed E-state index contributed by atoms with van der Waals surface area (Å²) in [6.45, 7) is 3.34. The van der Waals surface area contributed by atoms with Crippen LogP contribution in [0.3, 0.4) is 0 Å². The van der Waals surface area contributed by atoms with Crippen LogP contribution in [-0.2, 0) is 6.54 Å². The second-order valence-electron chi connectivity index (χ2n) is 3.77. The van der Waals surface area contributed by atoms with E-state index in [2.05, 4.69) is 34.5 Å². The number of aromatic nitrogens is 1. The SMILES string of the molecule is CNCCCCN(C)Cc1cc[nH]c1. The fourth-order valence-electron chi connectivity index (χ4n) is 1.53. The van der Waals surface area contributed by atoms with Gasteiger partial charge in [-0.3, -0.25) is 0 Å². The van der Waals surface area contributed by atoms with Crippen molar-refractivity contribution in [2.24, 2.45) is 0 Å². The van der Waals surface area contributed by atoms with Gasteiger partial charge in [-0.1, -0.05) is 0 Å². The summed E-state index contributed by atoms with van der Waals surface area (Å²) in [6, 6.07) is 2.13. The number of rotatable bonds is 7. The van der Waals surface area contributed by atoms with Gasteiger partial charge in [-0.05, 0) is 51.7 Å². The molecule has 0 aliphatic heterocycles. The number of nitrogens with zero attached hydrogens (tertiary/aromatic N) is 1. The number of nitrogens with one attached hydrogen (secondary N) is 2. The third-order valence-corrected chi connectivity index (χ3v) is 2.33. The van der Waals surface area contributed by atoms with Gasteiger partial charge in [-0.2, -0.15) is 0 Å². The van der Waals surface area contributed by atoms with Crippen molar-refractivity contribution in [3.8, 4) is 0 Å². The Kier molecular flexibility index (Phi) is 5.33. The van der Waals surface area contributed by atoms with Crippen molar-refractivity contribution in [2.75, 3.05) is 27.2 Å². The molecule has 0 unspecified atom stereocenters. The van der Waals surface area contributed by atoms with Gasteiger partial charge in [0.25, 0.3) is 0 Å². The lowest BCUT2D eigenvalue weighted by Crippen LogP contribution is -2.20. The van der Waals surface area contributed by atoms with Crippen LogP contribution in [0.2, 0.25) is 0 Å². The number of aromatic amines is 1. The lowest BCUT2D eigenvalue weighted by molar-refractivity contribution is 0.318. The highest BCUT2D eigenvalue weighted by Gasteiger charge is 1.99. The van der Waals surface area contributed by atoms with E-state index < -0.39 is 0 Å². The number of hydrogen-bond donors (Lipinski definition) is 2. The maximum Gasteiger partial charge on any atom is 0.0245 e. The van der Waals surface area contributed by atoms with E-state index in [1.807, 2.05) is 13.2 Å². The van der Waals surface area contributed by atoms with Crippen LogP contribution in [0.15, 0.2) is 18.5 Å². The summed E-state index contributed by atoms with van der Waals surface area (Å²) in [4.78, 5) is 5.43. The molecule has 0 radical (unpaired) electrons. The minimum atomic E-state index is 1.04. The van der Waals surface area contributed by atoms with Gasteiger partial charge in [0, 0.05) is 18.9 Å². The average Bonchev–Trinajstić information content (AvgIpc) is 2.65. The zero-order valence-electron chi connectivity index (χ0n) is 9.21. The lowest BCUT2D eigenvalue weighted by Gasteiger charge is -2.15. The van der Waals surface area contributed by atoms with E-state index in [4.69, 9.17) is 0 Å². The van der Waals surface area contributed by atoms with E-state index in [1.165, 1.54) is 24.9 Å². The third kappa shape index (κ3) is 4.44. The number of H-pyrrole nitrogens is 1. The van der Waals surface area contributed by atoms with Crippen molar-refractivity contribution < 1.29 is 0 Å². The topological polar surface area (TPSA) is 31.1 Å². The number of hydrogen-bond acceptors (Lipinski definition) is 2. The summed E-state index contributed by atoms with van der Waals surface area (Å²) < 4.78 is 0. The van der Waals surface area contributed by atoms with Crippen LogP contribution in [0.5, 0.6) is 0 Å². The molecule has 1 aromatic heterocycles. The van der Waals surface area contributed by atoms with Gasteiger partial charge in [0.1, 0.15) is 0 Å². The quantitative estimate of drug-likeness (QED) is 0.645. The molecule has 0 saturated heterocycles. The van der Waals surface area contributed by atoms with E-state index in [9.17, 15) is 0 Å². The average molecular weight is 195 g/mol. The third-order valence-electron chi connectivity index (χ3n) is 2.33. The summed E-state index contributed by atoms with van der Waals surface area (Å²) in [7, 11) is 4.18. The molecular formula is C11H21N3. The number of unbranched alkanes of at least 4 members (excludes halogenated alkanes) is 1. The van der Waals surface area contributed by atoms with Gasteiger partial charge in [0.05, 0.1) is 0 Å². The highest BCUT2D eigenvalue weighted by Crippen LogP contribution is 2.02. The molecule has 3 nitrogen and oxygen atoms in total. The first kappa shape index (κ1) is 11.3. The normalized spacial score (nSPS) is 11.1. The lowest BCUT2D eigenvalue weighted by atomic mass is 10.2. The van der Waals surface area contributed by atoms with Crippen LogP contribution in [0, 0.1) is 0 Å². The molecule has 3 heteroatoms. The molecule has 1 heterocycles. The summed E-state index contributed by atoms with van der Waals surface area (Å²) in [6.07, 6.45) is 6.56. The molecule has 2 N–H and O–H groups in total. The molecule has 0 bridgehead atoms. The Morgan fingerprint density at radius 3 is 2.93 bits per heavy atom. The van der Waals surface area contributed by atoms with Crippen LogP contribution >= 0.6 is 0 Å². The van der Waals surface area contributed by atoms with Gasteiger partial charge in [0.2, 0.25) is 0 Å². The second kappa shape index (κ2) is 6.62. The summed E-state index contributed by atoms with van der Waals surface area (Å²) in [5, 5.41) is 3.16. The van der Waals surface area contributed by atoms with E-state index in [0.29, 0.717) is 0 Å².